The molecule has 0 bridgehead atoms. The summed E-state index contributed by atoms with van der Waals surface area (Å²) in [5.74, 6) is 2.04. The van der Waals surface area contributed by atoms with E-state index in [9.17, 15) is 4.79 Å². The highest BCUT2D eigenvalue weighted by atomic mass is 16.6. The summed E-state index contributed by atoms with van der Waals surface area (Å²) >= 11 is 0. The molecule has 0 atom stereocenters. The highest BCUT2D eigenvalue weighted by Gasteiger charge is 2.31. The van der Waals surface area contributed by atoms with Crippen molar-refractivity contribution in [2.45, 2.75) is 70.9 Å². The predicted molar refractivity (Wildman–Crippen MR) is 156 cm³/mol. The summed E-state index contributed by atoms with van der Waals surface area (Å²) in [6.45, 7) is 11.8. The van der Waals surface area contributed by atoms with Crippen molar-refractivity contribution in [3.63, 3.8) is 0 Å². The number of ether oxygens (including phenoxy) is 3. The Labute approximate surface area is 232 Å². The van der Waals surface area contributed by atoms with Crippen molar-refractivity contribution in [2.24, 2.45) is 0 Å². The van der Waals surface area contributed by atoms with Gasteiger partial charge in [0, 0.05) is 41.3 Å². The third kappa shape index (κ3) is 5.88. The first kappa shape index (κ1) is 27.4. The van der Waals surface area contributed by atoms with Gasteiger partial charge in [-0.25, -0.2) is 4.79 Å². The van der Waals surface area contributed by atoms with E-state index in [1.807, 2.05) is 37.8 Å². The average molecular weight is 534 g/mol. The molecular formula is C32H43N3O4. The zero-order valence-corrected chi connectivity index (χ0v) is 24.3. The number of fused-ring (bicyclic) bond motifs is 1. The third-order valence-corrected chi connectivity index (χ3v) is 8.39. The quantitative estimate of drug-likeness (QED) is 0.393. The van der Waals surface area contributed by atoms with Crippen LogP contribution in [0.25, 0.3) is 22.2 Å². The minimum absolute atomic E-state index is 0.176. The number of nitrogens with zero attached hydrogens (tertiary/aromatic N) is 2. The van der Waals surface area contributed by atoms with Crippen LogP contribution >= 0.6 is 0 Å². The van der Waals surface area contributed by atoms with Gasteiger partial charge in [-0.3, -0.25) is 0 Å². The number of hydrogen-bond acceptors (Lipinski definition) is 5. The molecule has 2 aliphatic rings. The molecule has 2 fully saturated rings. The van der Waals surface area contributed by atoms with E-state index in [1.54, 1.807) is 14.2 Å². The van der Waals surface area contributed by atoms with E-state index in [1.165, 1.54) is 29.4 Å². The van der Waals surface area contributed by atoms with Crippen LogP contribution in [0.15, 0.2) is 36.4 Å². The Morgan fingerprint density at radius 1 is 0.897 bits per heavy atom. The van der Waals surface area contributed by atoms with Gasteiger partial charge in [-0.1, -0.05) is 6.07 Å². The molecule has 7 heteroatoms. The van der Waals surface area contributed by atoms with E-state index in [0.29, 0.717) is 12.0 Å². The van der Waals surface area contributed by atoms with Crippen molar-refractivity contribution in [1.82, 2.24) is 14.8 Å². The zero-order chi connectivity index (χ0) is 27.7. The average Bonchev–Trinajstić information content (AvgIpc) is 3.27. The molecule has 3 heterocycles. The number of H-pyrrole nitrogens is 1. The topological polar surface area (TPSA) is 67.0 Å². The summed E-state index contributed by atoms with van der Waals surface area (Å²) in [5.41, 5.74) is 5.62. The minimum Gasteiger partial charge on any atom is -0.493 e. The third-order valence-electron chi connectivity index (χ3n) is 8.39. The maximum absolute atomic E-state index is 12.4. The summed E-state index contributed by atoms with van der Waals surface area (Å²) in [5, 5.41) is 1.29. The van der Waals surface area contributed by atoms with Gasteiger partial charge in [0.05, 0.1) is 14.2 Å². The highest BCUT2D eigenvalue weighted by Crippen LogP contribution is 2.38. The normalized spacial score (nSPS) is 17.9. The molecular weight excluding hydrogens is 490 g/mol. The lowest BCUT2D eigenvalue weighted by molar-refractivity contribution is 0.0127. The molecule has 0 unspecified atom stereocenters. The van der Waals surface area contributed by atoms with Gasteiger partial charge in [0.15, 0.2) is 11.5 Å². The molecule has 1 amide bonds. The Morgan fingerprint density at radius 2 is 1.59 bits per heavy atom. The molecule has 7 nitrogen and oxygen atoms in total. The number of aryl methyl sites for hydroxylation is 1. The van der Waals surface area contributed by atoms with Crippen LogP contribution in [0.2, 0.25) is 0 Å². The molecule has 1 N–H and O–H groups in total. The van der Waals surface area contributed by atoms with E-state index in [0.717, 1.165) is 67.3 Å². The molecule has 2 aliphatic heterocycles. The smallest absolute Gasteiger partial charge is 0.410 e. The molecule has 0 radical (unpaired) electrons. The number of carbonyl (C=O) groups is 1. The predicted octanol–water partition coefficient (Wildman–Crippen LogP) is 6.74. The molecule has 210 valence electrons. The van der Waals surface area contributed by atoms with E-state index < -0.39 is 5.60 Å². The molecule has 0 saturated carbocycles. The largest absolute Gasteiger partial charge is 0.493 e. The summed E-state index contributed by atoms with van der Waals surface area (Å²) < 4.78 is 16.5. The van der Waals surface area contributed by atoms with Gasteiger partial charge in [-0.05, 0) is 114 Å². The van der Waals surface area contributed by atoms with Gasteiger partial charge in [-0.2, -0.15) is 0 Å². The van der Waals surface area contributed by atoms with Crippen LogP contribution in [0.3, 0.4) is 0 Å². The number of amides is 1. The lowest BCUT2D eigenvalue weighted by Crippen LogP contribution is -2.49. The van der Waals surface area contributed by atoms with Crippen LogP contribution < -0.4 is 9.47 Å². The number of likely N-dealkylation sites (tertiary alicyclic amines) is 2. The number of nitrogens with one attached hydrogen (secondary N) is 1. The number of benzene rings is 2. The Bertz CT molecular complexity index is 1310. The highest BCUT2D eigenvalue weighted by molar-refractivity contribution is 5.91. The molecule has 2 aromatic carbocycles. The summed E-state index contributed by atoms with van der Waals surface area (Å²) in [6, 6.07) is 13.6. The van der Waals surface area contributed by atoms with Crippen LogP contribution in [0.4, 0.5) is 4.79 Å². The number of piperidine rings is 2. The van der Waals surface area contributed by atoms with E-state index in [2.05, 4.69) is 41.1 Å². The number of carbonyl (C=O) groups excluding carboxylic acids is 1. The fraction of sp³-hybridized carbons (Fsp3) is 0.531. The van der Waals surface area contributed by atoms with Crippen LogP contribution in [-0.4, -0.2) is 72.9 Å². The van der Waals surface area contributed by atoms with Crippen LogP contribution in [0, 0.1) is 6.92 Å². The van der Waals surface area contributed by atoms with Crippen molar-refractivity contribution < 1.29 is 19.0 Å². The first-order chi connectivity index (χ1) is 18.7. The van der Waals surface area contributed by atoms with E-state index in [-0.39, 0.29) is 6.09 Å². The molecule has 5 rings (SSSR count). The van der Waals surface area contributed by atoms with Crippen LogP contribution in [0.1, 0.15) is 63.5 Å². The van der Waals surface area contributed by atoms with Crippen molar-refractivity contribution in [3.05, 3.63) is 47.5 Å². The molecule has 1 aromatic heterocycles. The van der Waals surface area contributed by atoms with E-state index >= 15 is 0 Å². The van der Waals surface area contributed by atoms with Gasteiger partial charge in [0.25, 0.3) is 0 Å². The van der Waals surface area contributed by atoms with Crippen LogP contribution in [-0.2, 0) is 4.74 Å². The number of rotatable bonds is 5. The number of aromatic amines is 1. The van der Waals surface area contributed by atoms with Gasteiger partial charge in [0.1, 0.15) is 5.60 Å². The van der Waals surface area contributed by atoms with Crippen molar-refractivity contribution >= 4 is 17.0 Å². The maximum Gasteiger partial charge on any atom is 0.410 e. The fourth-order valence-electron chi connectivity index (χ4n) is 6.22. The molecule has 39 heavy (non-hydrogen) atoms. The van der Waals surface area contributed by atoms with Gasteiger partial charge in [0.2, 0.25) is 0 Å². The summed E-state index contributed by atoms with van der Waals surface area (Å²) in [7, 11) is 3.33. The van der Waals surface area contributed by atoms with Gasteiger partial charge >= 0.3 is 6.09 Å². The Morgan fingerprint density at radius 3 is 2.23 bits per heavy atom. The second-order valence-corrected chi connectivity index (χ2v) is 12.0. The first-order valence-corrected chi connectivity index (χ1v) is 14.2. The Hall–Kier alpha value is -3.19. The monoisotopic (exact) mass is 533 g/mol. The second-order valence-electron chi connectivity index (χ2n) is 12.0. The summed E-state index contributed by atoms with van der Waals surface area (Å²) in [6.07, 6.45) is 4.21. The maximum atomic E-state index is 12.4. The standard InChI is InChI=1S/C32H43N3O4/c1-21-26-19-23(7-9-27(26)33-30(21)24-8-10-28(37-5)29(20-24)38-6)22-11-15-34(16-12-22)25-13-17-35(18-14-25)31(36)39-32(2,3)4/h7-10,19-20,22,25,33H,11-18H2,1-6H3. The van der Waals surface area contributed by atoms with Crippen molar-refractivity contribution in [1.29, 1.82) is 0 Å². The van der Waals surface area contributed by atoms with Crippen LogP contribution in [0.5, 0.6) is 11.5 Å². The number of hydrogen-bond donors (Lipinski definition) is 1. The van der Waals surface area contributed by atoms with Gasteiger partial charge in [-0.15, -0.1) is 0 Å². The number of methoxy groups -OCH3 is 2. The molecule has 3 aromatic rings. The SMILES string of the molecule is COc1ccc(-c2[nH]c3ccc(C4CCN(C5CCN(C(=O)OC(C)(C)C)CC5)CC4)cc3c2C)cc1OC. The second kappa shape index (κ2) is 11.1. The van der Waals surface area contributed by atoms with Crippen molar-refractivity contribution in [2.75, 3.05) is 40.4 Å². The first-order valence-electron chi connectivity index (χ1n) is 14.2. The fourth-order valence-corrected chi connectivity index (χ4v) is 6.22. The van der Waals surface area contributed by atoms with Crippen molar-refractivity contribution in [3.8, 4) is 22.8 Å². The van der Waals surface area contributed by atoms with Gasteiger partial charge < -0.3 is 29.0 Å². The molecule has 0 spiro atoms. The lowest BCUT2D eigenvalue weighted by Gasteiger charge is -2.42. The Kier molecular flexibility index (Phi) is 7.81. The van der Waals surface area contributed by atoms with E-state index in [4.69, 9.17) is 14.2 Å². The molecule has 2 saturated heterocycles. The lowest BCUT2D eigenvalue weighted by atomic mass is 9.87. The molecule has 0 aliphatic carbocycles. The number of aromatic nitrogens is 1. The zero-order valence-electron chi connectivity index (χ0n) is 24.3. The summed E-state index contributed by atoms with van der Waals surface area (Å²) in [4.78, 5) is 20.6. The minimum atomic E-state index is -0.442. The Balaban J connectivity index is 1.22.